The van der Waals surface area contributed by atoms with Crippen LogP contribution in [0.5, 0.6) is 28.7 Å². The third-order valence-corrected chi connectivity index (χ3v) is 5.57. The molecule has 3 aromatic rings. The van der Waals surface area contributed by atoms with Gasteiger partial charge < -0.3 is 29.3 Å². The van der Waals surface area contributed by atoms with Gasteiger partial charge in [0.25, 0.3) is 5.91 Å². The fourth-order valence-corrected chi connectivity index (χ4v) is 3.90. The van der Waals surface area contributed by atoms with Crippen LogP contribution in [0.15, 0.2) is 54.6 Å². The van der Waals surface area contributed by atoms with Crippen molar-refractivity contribution in [2.45, 2.75) is 26.1 Å². The molecule has 1 atom stereocenters. The van der Waals surface area contributed by atoms with Gasteiger partial charge in [-0.05, 0) is 35.7 Å². The van der Waals surface area contributed by atoms with Gasteiger partial charge in [0.15, 0.2) is 11.5 Å². The minimum atomic E-state index is -0.396. The second-order valence-corrected chi connectivity index (χ2v) is 7.65. The SMILES string of the molecule is COc1cc2c(cc1OC)CN(C(=O)c1c(O)cc(O)cc1OC(C)c1ccccc1)C2. The number of methoxy groups -OCH3 is 2. The number of carbonyl (C=O) groups is 1. The highest BCUT2D eigenvalue weighted by atomic mass is 16.5. The summed E-state index contributed by atoms with van der Waals surface area (Å²) in [6, 6.07) is 15.7. The molecule has 2 N–H and O–H groups in total. The molecule has 1 aliphatic heterocycles. The second kappa shape index (κ2) is 8.70. The smallest absolute Gasteiger partial charge is 0.262 e. The van der Waals surface area contributed by atoms with E-state index >= 15 is 0 Å². The molecule has 7 nitrogen and oxygen atoms in total. The Bertz CT molecular complexity index is 1110. The molecule has 1 aliphatic rings. The van der Waals surface area contributed by atoms with Crippen LogP contribution < -0.4 is 14.2 Å². The summed E-state index contributed by atoms with van der Waals surface area (Å²) >= 11 is 0. The van der Waals surface area contributed by atoms with Crippen molar-refractivity contribution in [3.63, 3.8) is 0 Å². The number of hydrogen-bond donors (Lipinski definition) is 2. The largest absolute Gasteiger partial charge is 0.508 e. The maximum Gasteiger partial charge on any atom is 0.262 e. The summed E-state index contributed by atoms with van der Waals surface area (Å²) in [4.78, 5) is 15.0. The number of ether oxygens (including phenoxy) is 3. The number of benzene rings is 3. The summed E-state index contributed by atoms with van der Waals surface area (Å²) in [5, 5.41) is 20.6. The van der Waals surface area contributed by atoms with E-state index in [2.05, 4.69) is 0 Å². The summed E-state index contributed by atoms with van der Waals surface area (Å²) < 4.78 is 16.7. The topological polar surface area (TPSA) is 88.5 Å². The molecule has 0 fully saturated rings. The zero-order valence-corrected chi connectivity index (χ0v) is 18.2. The average Bonchev–Trinajstić information content (AvgIpc) is 3.21. The van der Waals surface area contributed by atoms with Crippen LogP contribution >= 0.6 is 0 Å². The molecule has 0 bridgehead atoms. The van der Waals surface area contributed by atoms with E-state index in [0.717, 1.165) is 22.8 Å². The summed E-state index contributed by atoms with van der Waals surface area (Å²) in [5.74, 6) is 0.384. The van der Waals surface area contributed by atoms with E-state index in [-0.39, 0.29) is 22.8 Å². The van der Waals surface area contributed by atoms with E-state index in [0.29, 0.717) is 24.6 Å². The van der Waals surface area contributed by atoms with Gasteiger partial charge in [-0.3, -0.25) is 4.79 Å². The highest BCUT2D eigenvalue weighted by molar-refractivity contribution is 6.00. The van der Waals surface area contributed by atoms with Gasteiger partial charge in [-0.2, -0.15) is 0 Å². The van der Waals surface area contributed by atoms with Crippen molar-refractivity contribution >= 4 is 5.91 Å². The standard InChI is InChI=1S/C25H25NO6/c1-15(16-7-5-4-6-8-16)32-23-12-19(27)11-20(28)24(23)25(29)26-13-17-9-21(30-2)22(31-3)10-18(17)14-26/h4-12,15,27-28H,13-14H2,1-3H3. The van der Waals surface area contributed by atoms with Crippen LogP contribution in [0.4, 0.5) is 0 Å². The van der Waals surface area contributed by atoms with Crippen LogP contribution in [0.1, 0.15) is 40.1 Å². The van der Waals surface area contributed by atoms with Crippen molar-refractivity contribution in [2.75, 3.05) is 14.2 Å². The van der Waals surface area contributed by atoms with Gasteiger partial charge in [0.1, 0.15) is 28.9 Å². The van der Waals surface area contributed by atoms with Gasteiger partial charge in [0.2, 0.25) is 0 Å². The number of fused-ring (bicyclic) bond motifs is 1. The first-order valence-corrected chi connectivity index (χ1v) is 10.2. The summed E-state index contributed by atoms with van der Waals surface area (Å²) in [6.45, 7) is 2.54. The molecule has 4 rings (SSSR count). The number of rotatable bonds is 6. The van der Waals surface area contributed by atoms with Gasteiger partial charge >= 0.3 is 0 Å². The van der Waals surface area contributed by atoms with Crippen molar-refractivity contribution in [3.8, 4) is 28.7 Å². The zero-order chi connectivity index (χ0) is 22.8. The van der Waals surface area contributed by atoms with E-state index in [9.17, 15) is 15.0 Å². The molecule has 0 radical (unpaired) electrons. The second-order valence-electron chi connectivity index (χ2n) is 7.65. The molecule has 7 heteroatoms. The Morgan fingerprint density at radius 1 is 0.906 bits per heavy atom. The van der Waals surface area contributed by atoms with Crippen LogP contribution in [-0.2, 0) is 13.1 Å². The van der Waals surface area contributed by atoms with Gasteiger partial charge in [-0.25, -0.2) is 0 Å². The highest BCUT2D eigenvalue weighted by Gasteiger charge is 2.30. The Labute approximate surface area is 186 Å². The van der Waals surface area contributed by atoms with E-state index in [1.807, 2.05) is 49.4 Å². The van der Waals surface area contributed by atoms with Crippen LogP contribution in [0, 0.1) is 0 Å². The van der Waals surface area contributed by atoms with Gasteiger partial charge in [-0.15, -0.1) is 0 Å². The fraction of sp³-hybridized carbons (Fsp3) is 0.240. The van der Waals surface area contributed by atoms with Crippen LogP contribution in [0.2, 0.25) is 0 Å². The third-order valence-electron chi connectivity index (χ3n) is 5.57. The maximum atomic E-state index is 13.4. The lowest BCUT2D eigenvalue weighted by Gasteiger charge is -2.21. The van der Waals surface area contributed by atoms with Gasteiger partial charge in [0, 0.05) is 25.2 Å². The first-order valence-electron chi connectivity index (χ1n) is 10.2. The first-order chi connectivity index (χ1) is 15.4. The molecule has 0 aromatic heterocycles. The number of phenols is 2. The van der Waals surface area contributed by atoms with Crippen LogP contribution in [0.25, 0.3) is 0 Å². The van der Waals surface area contributed by atoms with Gasteiger partial charge in [-0.1, -0.05) is 30.3 Å². The quantitative estimate of drug-likeness (QED) is 0.596. The third kappa shape index (κ3) is 4.01. The van der Waals surface area contributed by atoms with E-state index < -0.39 is 12.0 Å². The van der Waals surface area contributed by atoms with Crippen molar-refractivity contribution in [1.82, 2.24) is 4.90 Å². The van der Waals surface area contributed by atoms with Crippen molar-refractivity contribution < 1.29 is 29.2 Å². The normalized spacial score (nSPS) is 13.4. The molecule has 0 saturated carbocycles. The minimum absolute atomic E-state index is 0.0114. The molecule has 166 valence electrons. The number of aromatic hydroxyl groups is 2. The van der Waals surface area contributed by atoms with E-state index in [4.69, 9.17) is 14.2 Å². The molecule has 3 aromatic carbocycles. The van der Waals surface area contributed by atoms with Crippen molar-refractivity contribution in [3.05, 3.63) is 76.9 Å². The minimum Gasteiger partial charge on any atom is -0.508 e. The molecule has 0 saturated heterocycles. The Hall–Kier alpha value is -3.87. The Kier molecular flexibility index (Phi) is 5.81. The highest BCUT2D eigenvalue weighted by Crippen LogP contribution is 2.39. The van der Waals surface area contributed by atoms with E-state index in [1.54, 1.807) is 19.1 Å². The van der Waals surface area contributed by atoms with Gasteiger partial charge in [0.05, 0.1) is 14.2 Å². The number of amides is 1. The Morgan fingerprint density at radius 3 is 2.06 bits per heavy atom. The molecule has 32 heavy (non-hydrogen) atoms. The van der Waals surface area contributed by atoms with Crippen molar-refractivity contribution in [2.24, 2.45) is 0 Å². The lowest BCUT2D eigenvalue weighted by Crippen LogP contribution is -2.26. The molecule has 1 amide bonds. The molecule has 0 spiro atoms. The predicted octanol–water partition coefficient (Wildman–Crippen LogP) is 4.41. The van der Waals surface area contributed by atoms with E-state index in [1.165, 1.54) is 6.07 Å². The molecule has 0 aliphatic carbocycles. The summed E-state index contributed by atoms with van der Waals surface area (Å²) in [6.07, 6.45) is -0.395. The molecular weight excluding hydrogens is 410 g/mol. The molecular formula is C25H25NO6. The fourth-order valence-electron chi connectivity index (χ4n) is 3.90. The monoisotopic (exact) mass is 435 g/mol. The number of nitrogens with zero attached hydrogens (tertiary/aromatic N) is 1. The maximum absolute atomic E-state index is 13.4. The van der Waals surface area contributed by atoms with Crippen molar-refractivity contribution in [1.29, 1.82) is 0 Å². The summed E-state index contributed by atoms with van der Waals surface area (Å²) in [7, 11) is 3.13. The number of carbonyl (C=O) groups excluding carboxylic acids is 1. The number of phenolic OH excluding ortho intramolecular Hbond substituents is 2. The average molecular weight is 435 g/mol. The number of hydrogen-bond acceptors (Lipinski definition) is 6. The molecule has 1 heterocycles. The Morgan fingerprint density at radius 2 is 1.50 bits per heavy atom. The predicted molar refractivity (Wildman–Crippen MR) is 118 cm³/mol. The lowest BCUT2D eigenvalue weighted by atomic mass is 10.1. The Balaban J connectivity index is 1.64. The first kappa shape index (κ1) is 21.4. The lowest BCUT2D eigenvalue weighted by molar-refractivity contribution is 0.0740. The van der Waals surface area contributed by atoms with Crippen LogP contribution in [-0.4, -0.2) is 35.2 Å². The zero-order valence-electron chi connectivity index (χ0n) is 18.2. The summed E-state index contributed by atoms with van der Waals surface area (Å²) in [5.41, 5.74) is 2.79. The molecule has 1 unspecified atom stereocenters. The van der Waals surface area contributed by atoms with Crippen LogP contribution in [0.3, 0.4) is 0 Å².